The van der Waals surface area contributed by atoms with Crippen LogP contribution in [0.1, 0.15) is 19.4 Å². The smallest absolute Gasteiger partial charge is 0.317 e. The summed E-state index contributed by atoms with van der Waals surface area (Å²) in [5, 5.41) is 8.89. The maximum atomic E-state index is 13.2. The van der Waals surface area contributed by atoms with Crippen LogP contribution < -0.4 is 4.74 Å². The lowest BCUT2D eigenvalue weighted by atomic mass is 9.83. The number of carbonyl (C=O) groups excluding carboxylic acids is 1. The van der Waals surface area contributed by atoms with Gasteiger partial charge in [0.25, 0.3) is 0 Å². The van der Waals surface area contributed by atoms with Crippen LogP contribution in [0.2, 0.25) is 0 Å². The lowest BCUT2D eigenvalue weighted by Gasteiger charge is -2.38. The minimum absolute atomic E-state index is 0.0485. The maximum Gasteiger partial charge on any atom is 0.317 e. The predicted octanol–water partition coefficient (Wildman–Crippen LogP) is 1.51. The van der Waals surface area contributed by atoms with Crippen LogP contribution in [0.25, 0.3) is 0 Å². The largest absolute Gasteiger partial charge is 0.496 e. The number of likely N-dealkylation sites (N-methyl/N-ethyl adjacent to an activating group) is 1. The zero-order chi connectivity index (χ0) is 20.0. The minimum Gasteiger partial charge on any atom is -0.496 e. The van der Waals surface area contributed by atoms with Gasteiger partial charge in [0.15, 0.2) is 0 Å². The molecule has 1 fully saturated rings. The molecule has 0 spiro atoms. The highest BCUT2D eigenvalue weighted by Gasteiger charge is 2.35. The molecule has 1 N–H and O–H groups in total. The van der Waals surface area contributed by atoms with Crippen LogP contribution in [-0.4, -0.2) is 79.8 Å². The van der Waals surface area contributed by atoms with Crippen LogP contribution >= 0.6 is 0 Å². The van der Waals surface area contributed by atoms with E-state index in [9.17, 15) is 9.59 Å². The number of methoxy groups -OCH3 is 1. The fraction of sp³-hybridized carbons (Fsp3) is 0.600. The van der Waals surface area contributed by atoms with Crippen LogP contribution in [0.3, 0.4) is 0 Å². The summed E-state index contributed by atoms with van der Waals surface area (Å²) >= 11 is 0. The fourth-order valence-corrected chi connectivity index (χ4v) is 3.49. The molecule has 0 radical (unpaired) electrons. The van der Waals surface area contributed by atoms with Gasteiger partial charge in [-0.1, -0.05) is 32.0 Å². The number of rotatable bonds is 8. The quantitative estimate of drug-likeness (QED) is 0.739. The van der Waals surface area contributed by atoms with E-state index in [1.54, 1.807) is 19.1 Å². The van der Waals surface area contributed by atoms with Gasteiger partial charge in [0.05, 0.1) is 26.4 Å². The van der Waals surface area contributed by atoms with Crippen molar-refractivity contribution >= 4 is 11.9 Å². The Labute approximate surface area is 160 Å². The SMILES string of the molecule is COc1ccccc1CC(C)(C)C(=O)N1CCOC(CN(C)CC(=O)O)C1. The molecule has 1 aliphatic heterocycles. The van der Waals surface area contributed by atoms with Crippen molar-refractivity contribution in [3.8, 4) is 5.75 Å². The van der Waals surface area contributed by atoms with Gasteiger partial charge in [0.1, 0.15) is 5.75 Å². The first kappa shape index (κ1) is 21.2. The highest BCUT2D eigenvalue weighted by molar-refractivity contribution is 5.82. The number of carboxylic acid groups (broad SMARTS) is 1. The number of hydrogen-bond donors (Lipinski definition) is 1. The molecule has 1 amide bonds. The topological polar surface area (TPSA) is 79.3 Å². The Morgan fingerprint density at radius 1 is 1.37 bits per heavy atom. The van der Waals surface area contributed by atoms with Gasteiger partial charge in [0, 0.05) is 25.0 Å². The third kappa shape index (κ3) is 5.94. The Morgan fingerprint density at radius 3 is 2.74 bits per heavy atom. The van der Waals surface area contributed by atoms with E-state index in [0.29, 0.717) is 32.7 Å². The van der Waals surface area contributed by atoms with Gasteiger partial charge < -0.3 is 19.5 Å². The summed E-state index contributed by atoms with van der Waals surface area (Å²) in [5.41, 5.74) is 0.424. The number of carboxylic acids is 1. The van der Waals surface area contributed by atoms with Crippen LogP contribution in [0, 0.1) is 5.41 Å². The highest BCUT2D eigenvalue weighted by atomic mass is 16.5. The average Bonchev–Trinajstić information content (AvgIpc) is 2.60. The lowest BCUT2D eigenvalue weighted by molar-refractivity contribution is -0.149. The van der Waals surface area contributed by atoms with E-state index >= 15 is 0 Å². The zero-order valence-electron chi connectivity index (χ0n) is 16.6. The molecule has 2 rings (SSSR count). The summed E-state index contributed by atoms with van der Waals surface area (Å²) in [5.74, 6) is -0.0182. The van der Waals surface area contributed by atoms with E-state index < -0.39 is 11.4 Å². The monoisotopic (exact) mass is 378 g/mol. The summed E-state index contributed by atoms with van der Waals surface area (Å²) in [7, 11) is 3.37. The number of morpholine rings is 1. The number of benzene rings is 1. The third-order valence-corrected chi connectivity index (χ3v) is 4.75. The molecule has 1 aromatic rings. The summed E-state index contributed by atoms with van der Waals surface area (Å²) in [6, 6.07) is 7.74. The lowest BCUT2D eigenvalue weighted by Crippen LogP contribution is -2.53. The van der Waals surface area contributed by atoms with E-state index in [-0.39, 0.29) is 18.6 Å². The number of para-hydroxylation sites is 1. The first-order valence-electron chi connectivity index (χ1n) is 9.16. The van der Waals surface area contributed by atoms with Crippen LogP contribution in [0.15, 0.2) is 24.3 Å². The molecule has 1 atom stereocenters. The summed E-state index contributed by atoms with van der Waals surface area (Å²) < 4.78 is 11.1. The first-order chi connectivity index (χ1) is 12.7. The zero-order valence-corrected chi connectivity index (χ0v) is 16.6. The van der Waals surface area contributed by atoms with E-state index in [2.05, 4.69) is 0 Å². The van der Waals surface area contributed by atoms with Gasteiger partial charge in [-0.2, -0.15) is 0 Å². The number of hydrogen-bond acceptors (Lipinski definition) is 5. The molecule has 7 nitrogen and oxygen atoms in total. The van der Waals surface area contributed by atoms with Crippen molar-refractivity contribution in [3.05, 3.63) is 29.8 Å². The van der Waals surface area contributed by atoms with Crippen LogP contribution in [0.5, 0.6) is 5.75 Å². The van der Waals surface area contributed by atoms with Crippen molar-refractivity contribution < 1.29 is 24.2 Å². The number of ether oxygens (including phenoxy) is 2. The third-order valence-electron chi connectivity index (χ3n) is 4.75. The van der Waals surface area contributed by atoms with E-state index in [0.717, 1.165) is 11.3 Å². The van der Waals surface area contributed by atoms with Crippen LogP contribution in [0.4, 0.5) is 0 Å². The van der Waals surface area contributed by atoms with Gasteiger partial charge in [-0.05, 0) is 25.1 Å². The molecular formula is C20H30N2O5. The van der Waals surface area contributed by atoms with Gasteiger partial charge in [0.2, 0.25) is 5.91 Å². The predicted molar refractivity (Wildman–Crippen MR) is 102 cm³/mol. The Bertz CT molecular complexity index is 662. The second-order valence-electron chi connectivity index (χ2n) is 7.71. The second kappa shape index (κ2) is 9.19. The summed E-state index contributed by atoms with van der Waals surface area (Å²) in [6.07, 6.45) is 0.394. The average molecular weight is 378 g/mol. The Hall–Kier alpha value is -2.12. The highest BCUT2D eigenvalue weighted by Crippen LogP contribution is 2.30. The molecule has 0 bridgehead atoms. The van der Waals surface area contributed by atoms with Crippen molar-refractivity contribution in [3.63, 3.8) is 0 Å². The van der Waals surface area contributed by atoms with Crippen molar-refractivity contribution in [2.75, 3.05) is 46.9 Å². The first-order valence-corrected chi connectivity index (χ1v) is 9.16. The molecule has 0 aliphatic carbocycles. The molecule has 150 valence electrons. The van der Waals surface area contributed by atoms with E-state index in [4.69, 9.17) is 14.6 Å². The molecule has 1 aromatic carbocycles. The number of amides is 1. The summed E-state index contributed by atoms with van der Waals surface area (Å²) in [6.45, 7) is 5.80. The van der Waals surface area contributed by atoms with Crippen LogP contribution in [-0.2, 0) is 20.7 Å². The molecule has 0 saturated carbocycles. The van der Waals surface area contributed by atoms with Crippen molar-refractivity contribution in [2.24, 2.45) is 5.41 Å². The molecule has 1 heterocycles. The molecular weight excluding hydrogens is 348 g/mol. The van der Waals surface area contributed by atoms with Gasteiger partial charge in [-0.15, -0.1) is 0 Å². The summed E-state index contributed by atoms with van der Waals surface area (Å²) in [4.78, 5) is 27.5. The van der Waals surface area contributed by atoms with Crippen molar-refractivity contribution in [1.82, 2.24) is 9.80 Å². The van der Waals surface area contributed by atoms with Gasteiger partial charge in [-0.25, -0.2) is 0 Å². The molecule has 1 unspecified atom stereocenters. The van der Waals surface area contributed by atoms with E-state index in [1.807, 2.05) is 43.0 Å². The standard InChI is InChI=1S/C20H30N2O5/c1-20(2,11-15-7-5-6-8-17(15)26-4)19(25)22-9-10-27-16(13-22)12-21(3)14-18(23)24/h5-8,16H,9-14H2,1-4H3,(H,23,24). The van der Waals surface area contributed by atoms with Crippen molar-refractivity contribution in [2.45, 2.75) is 26.4 Å². The normalized spacial score (nSPS) is 17.8. The maximum absolute atomic E-state index is 13.2. The van der Waals surface area contributed by atoms with Crippen molar-refractivity contribution in [1.29, 1.82) is 0 Å². The van der Waals surface area contributed by atoms with Gasteiger partial charge >= 0.3 is 5.97 Å². The minimum atomic E-state index is -0.876. The number of aliphatic carboxylic acids is 1. The number of nitrogens with zero attached hydrogens (tertiary/aromatic N) is 2. The Balaban J connectivity index is 2.01. The molecule has 27 heavy (non-hydrogen) atoms. The Kier molecular flexibility index (Phi) is 7.21. The van der Waals surface area contributed by atoms with E-state index in [1.165, 1.54) is 0 Å². The fourth-order valence-electron chi connectivity index (χ4n) is 3.49. The number of carbonyl (C=O) groups is 2. The molecule has 1 aliphatic rings. The molecule has 0 aromatic heterocycles. The Morgan fingerprint density at radius 2 is 2.07 bits per heavy atom. The molecule has 1 saturated heterocycles. The molecule has 7 heteroatoms. The van der Waals surface area contributed by atoms with Gasteiger partial charge in [-0.3, -0.25) is 14.5 Å². The second-order valence-corrected chi connectivity index (χ2v) is 7.71.